The van der Waals surface area contributed by atoms with Crippen molar-refractivity contribution in [3.8, 4) is 11.3 Å². The molecular weight excluding hydrogens is 453 g/mol. The normalized spacial score (nSPS) is 20.7. The van der Waals surface area contributed by atoms with Gasteiger partial charge in [0.25, 0.3) is 5.71 Å². The Balaban J connectivity index is 1.37. The Labute approximate surface area is 202 Å². The van der Waals surface area contributed by atoms with Crippen molar-refractivity contribution < 1.29 is 23.2 Å². The van der Waals surface area contributed by atoms with Gasteiger partial charge in [-0.1, -0.05) is 5.16 Å². The number of carbonyl (C=O) groups excluding carboxylic acids is 2. The van der Waals surface area contributed by atoms with Gasteiger partial charge in [-0.15, -0.1) is 0 Å². The van der Waals surface area contributed by atoms with Crippen LogP contribution < -0.4 is 4.90 Å². The van der Waals surface area contributed by atoms with E-state index in [1.54, 1.807) is 19.1 Å². The van der Waals surface area contributed by atoms with E-state index in [9.17, 15) is 14.0 Å². The summed E-state index contributed by atoms with van der Waals surface area (Å²) in [6.07, 6.45) is 4.57. The number of carbonyl (C=O) groups is 2. The van der Waals surface area contributed by atoms with E-state index in [4.69, 9.17) is 9.26 Å². The summed E-state index contributed by atoms with van der Waals surface area (Å²) in [6, 6.07) is 6.03. The monoisotopic (exact) mass is 481 g/mol. The zero-order valence-corrected chi connectivity index (χ0v) is 19.7. The molecule has 0 saturated carbocycles. The molecule has 2 aliphatic heterocycles. The zero-order chi connectivity index (χ0) is 24.4. The highest BCUT2D eigenvalue weighted by molar-refractivity contribution is 5.98. The molecule has 3 aromatic rings. The largest absolute Gasteiger partial charge is 0.466 e. The van der Waals surface area contributed by atoms with E-state index in [-0.39, 0.29) is 29.5 Å². The first-order valence-corrected chi connectivity index (χ1v) is 12.1. The average molecular weight is 482 g/mol. The number of nitrogens with zero attached hydrogens (tertiary/aromatic N) is 5. The number of aromatic nitrogens is 3. The molecule has 0 N–H and O–H groups in total. The van der Waals surface area contributed by atoms with Crippen LogP contribution in [0.25, 0.3) is 22.4 Å². The summed E-state index contributed by atoms with van der Waals surface area (Å²) in [6.45, 7) is 4.43. The van der Waals surface area contributed by atoms with Crippen LogP contribution in [0.5, 0.6) is 0 Å². The van der Waals surface area contributed by atoms with Gasteiger partial charge in [-0.3, -0.25) is 9.59 Å². The summed E-state index contributed by atoms with van der Waals surface area (Å²) in [4.78, 5) is 38.3. The van der Waals surface area contributed by atoms with Crippen molar-refractivity contribution >= 4 is 28.8 Å². The third-order valence-corrected chi connectivity index (χ3v) is 6.79. The molecule has 0 bridgehead atoms. The molecular formula is C25H28FN5O4. The maximum atomic E-state index is 13.5. The van der Waals surface area contributed by atoms with Crippen LogP contribution in [-0.4, -0.2) is 64.7 Å². The van der Waals surface area contributed by atoms with Crippen LogP contribution in [0, 0.1) is 17.7 Å². The highest BCUT2D eigenvalue weighted by Crippen LogP contribution is 2.35. The lowest BCUT2D eigenvalue weighted by Gasteiger charge is -2.38. The van der Waals surface area contributed by atoms with Crippen molar-refractivity contribution in [2.75, 3.05) is 37.7 Å². The van der Waals surface area contributed by atoms with Gasteiger partial charge in [-0.2, -0.15) is 4.98 Å². The lowest BCUT2D eigenvalue weighted by atomic mass is 9.93. The number of hydrogen-bond donors (Lipinski definition) is 0. The molecule has 2 aromatic heterocycles. The first kappa shape index (κ1) is 23.2. The number of rotatable bonds is 5. The van der Waals surface area contributed by atoms with Crippen LogP contribution in [0.3, 0.4) is 0 Å². The summed E-state index contributed by atoms with van der Waals surface area (Å²) >= 11 is 0. The Morgan fingerprint density at radius 2 is 1.86 bits per heavy atom. The molecule has 2 atom stereocenters. The van der Waals surface area contributed by atoms with Crippen molar-refractivity contribution in [1.82, 2.24) is 20.0 Å². The smallest absolute Gasteiger partial charge is 0.310 e. The first-order chi connectivity index (χ1) is 17.0. The number of piperidine rings is 2. The molecule has 0 spiro atoms. The molecule has 2 fully saturated rings. The van der Waals surface area contributed by atoms with E-state index >= 15 is 0 Å². The second kappa shape index (κ2) is 9.97. The Hall–Kier alpha value is -3.56. The van der Waals surface area contributed by atoms with E-state index in [2.05, 4.69) is 20.0 Å². The zero-order valence-electron chi connectivity index (χ0n) is 19.7. The van der Waals surface area contributed by atoms with Gasteiger partial charge >= 0.3 is 5.97 Å². The van der Waals surface area contributed by atoms with Crippen molar-refractivity contribution in [2.45, 2.75) is 32.6 Å². The van der Waals surface area contributed by atoms with Gasteiger partial charge in [0.05, 0.1) is 18.4 Å². The molecule has 2 saturated heterocycles. The average Bonchev–Trinajstić information content (AvgIpc) is 3.33. The van der Waals surface area contributed by atoms with E-state index in [1.165, 1.54) is 18.5 Å². The Morgan fingerprint density at radius 1 is 1.09 bits per heavy atom. The molecule has 0 radical (unpaired) electrons. The topological polar surface area (TPSA) is 102 Å². The minimum absolute atomic E-state index is 0.0677. The van der Waals surface area contributed by atoms with Crippen LogP contribution in [0.2, 0.25) is 0 Å². The summed E-state index contributed by atoms with van der Waals surface area (Å²) < 4.78 is 24.1. The molecule has 5 rings (SSSR count). The standard InChI is InChI=1S/C25H28FN5O4/c1-2-34-25(33)18-6-4-12-31(14-18)24(32)17-5-3-11-30(13-17)22-20-21(16-7-9-19(26)10-8-16)29-35-23(20)28-15-27-22/h7-10,15,17-18H,2-6,11-14H2,1H3/t17-,18-/m0/s1. The van der Waals surface area contributed by atoms with Crippen molar-refractivity contribution in [3.05, 3.63) is 36.4 Å². The van der Waals surface area contributed by atoms with Crippen LogP contribution in [0.1, 0.15) is 32.6 Å². The summed E-state index contributed by atoms with van der Waals surface area (Å²) in [5.74, 6) is -0.306. The third-order valence-electron chi connectivity index (χ3n) is 6.79. The molecule has 35 heavy (non-hydrogen) atoms. The van der Waals surface area contributed by atoms with Gasteiger partial charge in [0.15, 0.2) is 0 Å². The number of anilines is 1. The van der Waals surface area contributed by atoms with E-state index in [0.717, 1.165) is 32.2 Å². The van der Waals surface area contributed by atoms with E-state index < -0.39 is 0 Å². The number of amides is 1. The number of fused-ring (bicyclic) bond motifs is 1. The maximum Gasteiger partial charge on any atom is 0.310 e. The SMILES string of the molecule is CCOC(=O)[C@H]1CCCN(C(=O)[C@H]2CCCN(c3ncnc4onc(-c5ccc(F)cc5)c34)C2)C1. The second-order valence-corrected chi connectivity index (χ2v) is 9.08. The summed E-state index contributed by atoms with van der Waals surface area (Å²) in [5, 5.41) is 4.82. The van der Waals surface area contributed by atoms with Gasteiger partial charge in [0, 0.05) is 31.7 Å². The van der Waals surface area contributed by atoms with Crippen molar-refractivity contribution in [1.29, 1.82) is 0 Å². The molecule has 2 aliphatic rings. The van der Waals surface area contributed by atoms with Crippen LogP contribution in [0.15, 0.2) is 35.1 Å². The van der Waals surface area contributed by atoms with E-state index in [1.807, 2.05) is 4.90 Å². The predicted octanol–water partition coefficient (Wildman–Crippen LogP) is 3.44. The number of esters is 1. The number of ether oxygens (including phenoxy) is 1. The lowest BCUT2D eigenvalue weighted by molar-refractivity contribution is -0.152. The van der Waals surface area contributed by atoms with Crippen molar-refractivity contribution in [2.24, 2.45) is 11.8 Å². The maximum absolute atomic E-state index is 13.5. The van der Waals surface area contributed by atoms with Gasteiger partial charge < -0.3 is 19.1 Å². The Bertz CT molecular complexity index is 1210. The van der Waals surface area contributed by atoms with Gasteiger partial charge in [-0.05, 0) is 56.9 Å². The predicted molar refractivity (Wildman–Crippen MR) is 126 cm³/mol. The first-order valence-electron chi connectivity index (χ1n) is 12.1. The summed E-state index contributed by atoms with van der Waals surface area (Å²) in [5.41, 5.74) is 1.58. The Kier molecular flexibility index (Phi) is 6.61. The minimum Gasteiger partial charge on any atom is -0.466 e. The molecule has 1 amide bonds. The fraction of sp³-hybridized carbons (Fsp3) is 0.480. The third kappa shape index (κ3) is 4.69. The minimum atomic E-state index is -0.335. The Morgan fingerprint density at radius 3 is 2.66 bits per heavy atom. The molecule has 9 nitrogen and oxygen atoms in total. The molecule has 1 aromatic carbocycles. The van der Waals surface area contributed by atoms with Gasteiger partial charge in [-0.25, -0.2) is 9.37 Å². The van der Waals surface area contributed by atoms with Gasteiger partial charge in [0.1, 0.15) is 29.0 Å². The quantitative estimate of drug-likeness (QED) is 0.511. The van der Waals surface area contributed by atoms with Crippen LogP contribution in [0.4, 0.5) is 10.2 Å². The molecule has 4 heterocycles. The van der Waals surface area contributed by atoms with Crippen molar-refractivity contribution in [3.63, 3.8) is 0 Å². The fourth-order valence-corrected chi connectivity index (χ4v) is 5.08. The second-order valence-electron chi connectivity index (χ2n) is 9.08. The van der Waals surface area contributed by atoms with Gasteiger partial charge in [0.2, 0.25) is 5.91 Å². The lowest BCUT2D eigenvalue weighted by Crippen LogP contribution is -2.49. The van der Waals surface area contributed by atoms with Crippen LogP contribution in [-0.2, 0) is 14.3 Å². The highest BCUT2D eigenvalue weighted by Gasteiger charge is 2.35. The summed E-state index contributed by atoms with van der Waals surface area (Å²) in [7, 11) is 0. The number of benzene rings is 1. The molecule has 10 heteroatoms. The van der Waals surface area contributed by atoms with E-state index in [0.29, 0.717) is 54.4 Å². The molecule has 0 aliphatic carbocycles. The fourth-order valence-electron chi connectivity index (χ4n) is 5.08. The number of hydrogen-bond acceptors (Lipinski definition) is 8. The number of likely N-dealkylation sites (tertiary alicyclic amines) is 1. The molecule has 0 unspecified atom stereocenters. The molecule has 184 valence electrons. The van der Waals surface area contributed by atoms with Crippen LogP contribution >= 0.6 is 0 Å². The number of halogens is 1. The highest BCUT2D eigenvalue weighted by atomic mass is 19.1.